The molecular weight excluding hydrogens is 528 g/mol. The first kappa shape index (κ1) is 29.6. The zero-order valence-electron chi connectivity index (χ0n) is 23.5. The zero-order valence-corrected chi connectivity index (χ0v) is 24.3. The summed E-state index contributed by atoms with van der Waals surface area (Å²) in [7, 11) is 0. The maximum atomic E-state index is 12.9. The summed E-state index contributed by atoms with van der Waals surface area (Å²) in [5.74, 6) is 1.84. The second-order valence-electron chi connectivity index (χ2n) is 10.9. The summed E-state index contributed by atoms with van der Waals surface area (Å²) in [4.78, 5) is 32.7. The Morgan fingerprint density at radius 1 is 1.12 bits per heavy atom. The fourth-order valence-corrected chi connectivity index (χ4v) is 5.36. The molecule has 0 saturated heterocycles. The van der Waals surface area contributed by atoms with Crippen molar-refractivity contribution in [3.8, 4) is 17.0 Å². The molecule has 2 aromatic carbocycles. The van der Waals surface area contributed by atoms with Crippen molar-refractivity contribution >= 4 is 23.4 Å². The van der Waals surface area contributed by atoms with Crippen LogP contribution in [0, 0.1) is 5.92 Å². The smallest absolute Gasteiger partial charge is 0.251 e. The van der Waals surface area contributed by atoms with Crippen molar-refractivity contribution in [3.05, 3.63) is 70.6 Å². The van der Waals surface area contributed by atoms with Gasteiger partial charge in [-0.1, -0.05) is 35.9 Å². The molecule has 0 radical (unpaired) electrons. The van der Waals surface area contributed by atoms with E-state index >= 15 is 0 Å². The number of aromatic nitrogens is 2. The molecule has 1 fully saturated rings. The Hall–Kier alpha value is -3.36. The number of nitrogens with one attached hydrogen (secondary N) is 3. The lowest BCUT2D eigenvalue weighted by atomic mass is 9.95. The topological polar surface area (TPSA) is 116 Å². The van der Waals surface area contributed by atoms with Crippen LogP contribution in [0.1, 0.15) is 74.6 Å². The molecule has 0 aliphatic heterocycles. The molecule has 214 valence electrons. The Bertz CT molecular complexity index is 1300. The van der Waals surface area contributed by atoms with Crippen molar-refractivity contribution in [1.82, 2.24) is 20.6 Å². The van der Waals surface area contributed by atoms with E-state index in [0.29, 0.717) is 35.1 Å². The van der Waals surface area contributed by atoms with Gasteiger partial charge in [0.2, 0.25) is 5.91 Å². The number of aliphatic hydroxyl groups excluding tert-OH is 1. The molecule has 8 nitrogen and oxygen atoms in total. The van der Waals surface area contributed by atoms with Gasteiger partial charge < -0.3 is 25.5 Å². The molecule has 0 bridgehead atoms. The maximum absolute atomic E-state index is 12.9. The van der Waals surface area contributed by atoms with Gasteiger partial charge in [-0.2, -0.15) is 0 Å². The molecule has 1 aliphatic rings. The number of nitrogens with zero attached hydrogens (tertiary/aromatic N) is 1. The fraction of sp³-hybridized carbons (Fsp3) is 0.452. The highest BCUT2D eigenvalue weighted by Gasteiger charge is 2.38. The number of imidazole rings is 1. The molecule has 3 atom stereocenters. The summed E-state index contributed by atoms with van der Waals surface area (Å²) in [6, 6.07) is 12.9. The van der Waals surface area contributed by atoms with Crippen LogP contribution in [-0.4, -0.2) is 51.7 Å². The van der Waals surface area contributed by atoms with Gasteiger partial charge >= 0.3 is 0 Å². The van der Waals surface area contributed by atoms with Crippen LogP contribution < -0.4 is 15.4 Å². The molecule has 3 aromatic rings. The highest BCUT2D eigenvalue weighted by atomic mass is 35.5. The van der Waals surface area contributed by atoms with Crippen LogP contribution in [0.25, 0.3) is 11.3 Å². The predicted octanol–water partition coefficient (Wildman–Crippen LogP) is 5.26. The highest BCUT2D eigenvalue weighted by molar-refractivity contribution is 6.32. The number of aliphatic hydroxyl groups is 1. The van der Waals surface area contributed by atoms with Gasteiger partial charge in [0.05, 0.1) is 23.0 Å². The number of hydrogen-bond donors (Lipinski definition) is 4. The lowest BCUT2D eigenvalue weighted by molar-refractivity contribution is -0.119. The maximum Gasteiger partial charge on any atom is 0.251 e. The standard InChI is InChI=1S/C31H39ClN4O4/c1-18(2)40-28-12-11-24(16-26(28)32)31(39)35-25(13-14-37)15-21-5-7-22(8-6-21)27-17-33-30(36-27)29(23-9-10-23)19(3)34-20(4)38/h5-8,11-12,16-19,23,25,29,37H,9-10,13-15H2,1-4H3,(H,33,36)(H,34,38)(H,35,39). The van der Waals surface area contributed by atoms with Crippen LogP contribution in [0.15, 0.2) is 48.7 Å². The third kappa shape index (κ3) is 7.86. The van der Waals surface area contributed by atoms with Crippen LogP contribution in [0.3, 0.4) is 0 Å². The van der Waals surface area contributed by atoms with E-state index in [1.807, 2.05) is 51.2 Å². The number of carbonyl (C=O) groups is 2. The number of amides is 2. The number of carbonyl (C=O) groups excluding carboxylic acids is 2. The lowest BCUT2D eigenvalue weighted by Crippen LogP contribution is -2.37. The van der Waals surface area contributed by atoms with E-state index in [2.05, 4.69) is 20.6 Å². The number of ether oxygens (including phenoxy) is 1. The van der Waals surface area contributed by atoms with E-state index in [0.717, 1.165) is 35.5 Å². The summed E-state index contributed by atoms with van der Waals surface area (Å²) in [5.41, 5.74) is 3.40. The normalized spacial score (nSPS) is 15.4. The molecule has 4 N–H and O–H groups in total. The van der Waals surface area contributed by atoms with Gasteiger partial charge in [0.1, 0.15) is 11.6 Å². The third-order valence-corrected chi connectivity index (χ3v) is 7.42. The average molecular weight is 567 g/mol. The summed E-state index contributed by atoms with van der Waals surface area (Å²) in [5, 5.41) is 16.0. The lowest BCUT2D eigenvalue weighted by Gasteiger charge is -2.22. The van der Waals surface area contributed by atoms with Crippen LogP contribution in [0.4, 0.5) is 0 Å². The van der Waals surface area contributed by atoms with Gasteiger partial charge in [-0.05, 0) is 81.7 Å². The first-order valence-corrected chi connectivity index (χ1v) is 14.3. The minimum Gasteiger partial charge on any atom is -0.489 e. The summed E-state index contributed by atoms with van der Waals surface area (Å²) >= 11 is 6.31. The molecule has 4 rings (SSSR count). The Morgan fingerprint density at radius 2 is 1.85 bits per heavy atom. The van der Waals surface area contributed by atoms with Gasteiger partial charge in [-0.25, -0.2) is 4.98 Å². The van der Waals surface area contributed by atoms with Crippen molar-refractivity contribution in [2.45, 2.75) is 77.5 Å². The van der Waals surface area contributed by atoms with E-state index in [1.165, 1.54) is 0 Å². The molecule has 2 amide bonds. The van der Waals surface area contributed by atoms with E-state index in [4.69, 9.17) is 16.3 Å². The molecule has 1 heterocycles. The monoisotopic (exact) mass is 566 g/mol. The Balaban J connectivity index is 1.41. The van der Waals surface area contributed by atoms with Crippen molar-refractivity contribution in [3.63, 3.8) is 0 Å². The van der Waals surface area contributed by atoms with Gasteiger partial charge in [0, 0.05) is 37.1 Å². The minimum absolute atomic E-state index is 0.00683. The van der Waals surface area contributed by atoms with Crippen LogP contribution in [0.5, 0.6) is 5.75 Å². The van der Waals surface area contributed by atoms with E-state index in [1.54, 1.807) is 25.1 Å². The highest BCUT2D eigenvalue weighted by Crippen LogP contribution is 2.44. The minimum atomic E-state index is -0.253. The molecule has 0 spiro atoms. The van der Waals surface area contributed by atoms with Crippen molar-refractivity contribution in [1.29, 1.82) is 0 Å². The summed E-state index contributed by atoms with van der Waals surface area (Å²) in [6.45, 7) is 7.37. The molecule has 1 aromatic heterocycles. The number of aromatic amines is 1. The van der Waals surface area contributed by atoms with Crippen molar-refractivity contribution < 1.29 is 19.4 Å². The number of halogens is 1. The third-order valence-electron chi connectivity index (χ3n) is 7.13. The number of hydrogen-bond acceptors (Lipinski definition) is 5. The average Bonchev–Trinajstić information content (AvgIpc) is 3.60. The first-order chi connectivity index (χ1) is 19.1. The second-order valence-corrected chi connectivity index (χ2v) is 11.3. The largest absolute Gasteiger partial charge is 0.489 e. The quantitative estimate of drug-likeness (QED) is 0.225. The Morgan fingerprint density at radius 3 is 2.45 bits per heavy atom. The van der Waals surface area contributed by atoms with Gasteiger partial charge in [-0.15, -0.1) is 0 Å². The van der Waals surface area contributed by atoms with E-state index in [9.17, 15) is 14.7 Å². The number of benzene rings is 2. The van der Waals surface area contributed by atoms with Crippen LogP contribution in [-0.2, 0) is 11.2 Å². The fourth-order valence-electron chi connectivity index (χ4n) is 5.13. The molecular formula is C31H39ClN4O4. The number of H-pyrrole nitrogens is 1. The Labute approximate surface area is 240 Å². The van der Waals surface area contributed by atoms with E-state index < -0.39 is 0 Å². The zero-order chi connectivity index (χ0) is 28.8. The molecule has 1 saturated carbocycles. The molecule has 1 aliphatic carbocycles. The van der Waals surface area contributed by atoms with Crippen molar-refractivity contribution in [2.75, 3.05) is 6.61 Å². The number of rotatable bonds is 13. The van der Waals surface area contributed by atoms with Gasteiger partial charge in [0.15, 0.2) is 0 Å². The molecule has 3 unspecified atom stereocenters. The summed E-state index contributed by atoms with van der Waals surface area (Å²) < 4.78 is 5.65. The first-order valence-electron chi connectivity index (χ1n) is 13.9. The van der Waals surface area contributed by atoms with E-state index in [-0.39, 0.29) is 42.5 Å². The van der Waals surface area contributed by atoms with Crippen molar-refractivity contribution in [2.24, 2.45) is 5.92 Å². The molecule has 40 heavy (non-hydrogen) atoms. The van der Waals surface area contributed by atoms with Gasteiger partial charge in [0.25, 0.3) is 5.91 Å². The SMILES string of the molecule is CC(=O)NC(C)C(c1ncc(-c2ccc(CC(CCO)NC(=O)c3ccc(OC(C)C)c(Cl)c3)cc2)[nH]1)C1CC1. The summed E-state index contributed by atoms with van der Waals surface area (Å²) in [6.07, 6.45) is 5.12. The molecule has 9 heteroatoms. The van der Waals surface area contributed by atoms with Gasteiger partial charge in [-0.3, -0.25) is 9.59 Å². The predicted molar refractivity (Wildman–Crippen MR) is 157 cm³/mol. The second kappa shape index (κ2) is 13.3. The Kier molecular flexibility index (Phi) is 9.87. The van der Waals surface area contributed by atoms with Crippen LogP contribution in [0.2, 0.25) is 5.02 Å². The van der Waals surface area contributed by atoms with Crippen LogP contribution >= 0.6 is 11.6 Å².